The van der Waals surface area contributed by atoms with Crippen molar-refractivity contribution >= 4 is 156 Å². The number of nitrogens with zero attached hydrogens (tertiary/aromatic N) is 6. The predicted molar refractivity (Wildman–Crippen MR) is 485 cm³/mol. The van der Waals surface area contributed by atoms with Gasteiger partial charge in [0.1, 0.15) is 22.3 Å². The first-order valence-electron chi connectivity index (χ1n) is 39.4. The van der Waals surface area contributed by atoms with E-state index < -0.39 is 0 Å². The van der Waals surface area contributed by atoms with Crippen molar-refractivity contribution in [1.82, 2.24) is 9.13 Å². The van der Waals surface area contributed by atoms with Crippen molar-refractivity contribution in [2.45, 2.75) is 0 Å². The van der Waals surface area contributed by atoms with Gasteiger partial charge in [0.25, 0.3) is 0 Å². The van der Waals surface area contributed by atoms with Crippen molar-refractivity contribution in [3.8, 4) is 44.8 Å². The molecule has 4 aromatic heterocycles. The van der Waals surface area contributed by atoms with E-state index in [1.54, 1.807) is 0 Å². The topological polar surface area (TPSA) is 49.1 Å². The van der Waals surface area contributed by atoms with Gasteiger partial charge >= 0.3 is 0 Å². The van der Waals surface area contributed by atoms with Crippen LogP contribution in [-0.4, -0.2) is 9.13 Å². The fourth-order valence-electron chi connectivity index (χ4n) is 17.5. The Kier molecular flexibility index (Phi) is 16.4. The van der Waals surface area contributed by atoms with Gasteiger partial charge in [0.05, 0.1) is 22.1 Å². The summed E-state index contributed by atoms with van der Waals surface area (Å²) in [5, 5.41) is 9.21. The van der Waals surface area contributed by atoms with Gasteiger partial charge in [0.15, 0.2) is 0 Å². The van der Waals surface area contributed by atoms with E-state index in [-0.39, 0.29) is 0 Å². The summed E-state index contributed by atoms with van der Waals surface area (Å²) in [5.41, 5.74) is 29.3. The Bertz CT molecular complexity index is 6960. The Labute approximate surface area is 670 Å². The molecule has 116 heavy (non-hydrogen) atoms. The Morgan fingerprint density at radius 3 is 0.767 bits per heavy atom. The van der Waals surface area contributed by atoms with E-state index in [9.17, 15) is 0 Å². The average molecular weight is 1490 g/mol. The zero-order chi connectivity index (χ0) is 76.6. The highest BCUT2D eigenvalue weighted by Gasteiger charge is 2.24. The van der Waals surface area contributed by atoms with Crippen LogP contribution >= 0.6 is 0 Å². The average Bonchev–Trinajstić information content (AvgIpc) is 1.59. The second-order valence-electron chi connectivity index (χ2n) is 29.6. The van der Waals surface area contributed by atoms with Crippen LogP contribution in [-0.2, 0) is 0 Å². The molecule has 4 heterocycles. The molecule has 0 aliphatic heterocycles. The van der Waals surface area contributed by atoms with Crippen LogP contribution in [0.25, 0.3) is 132 Å². The number of para-hydroxylation sites is 10. The minimum atomic E-state index is 0.879. The molecule has 0 saturated heterocycles. The molecular formula is C108H72N6O2. The van der Waals surface area contributed by atoms with E-state index in [0.717, 1.165) is 168 Å². The largest absolute Gasteiger partial charge is 0.455 e. The standard InChI is InChI=1S/C108H72N6O2/c1-5-23-77(24-6-1)111(89-67-69-103-99(71-89)93-31-13-17-39-101(93)113(103)79-27-9-3-10-28-79)87-63-59-85(60-64-87)109(83-55-47-75(48-56-83)91-35-21-37-97-95-33-15-19-41-105(95)115-107(91)97)81-51-43-73(44-52-81)74-45-53-82(54-46-74)110(84-57-49-76(50-58-84)92-36-22-38-98-96-34-16-20-42-106(96)116-108(92)98)86-61-65-88(66-62-86)112(78-25-7-2-8-26-78)90-68-70-104-100(72-90)94-32-14-18-40-102(94)114(104)80-29-11-4-12-30-80/h1-72H. The molecule has 8 nitrogen and oxygen atoms in total. The molecule has 0 spiro atoms. The lowest BCUT2D eigenvalue weighted by atomic mass is 10.0. The van der Waals surface area contributed by atoms with Crippen LogP contribution in [0.1, 0.15) is 0 Å². The van der Waals surface area contributed by atoms with E-state index in [1.807, 2.05) is 24.3 Å². The van der Waals surface area contributed by atoms with Crippen LogP contribution in [0.15, 0.2) is 446 Å². The molecule has 0 saturated carbocycles. The van der Waals surface area contributed by atoms with Crippen molar-refractivity contribution in [3.05, 3.63) is 437 Å². The van der Waals surface area contributed by atoms with E-state index in [2.05, 4.69) is 441 Å². The maximum atomic E-state index is 6.59. The minimum Gasteiger partial charge on any atom is -0.455 e. The van der Waals surface area contributed by atoms with Crippen LogP contribution in [0.2, 0.25) is 0 Å². The summed E-state index contributed by atoms with van der Waals surface area (Å²) in [6, 6.07) is 157. The zero-order valence-corrected chi connectivity index (χ0v) is 63.1. The lowest BCUT2D eigenvalue weighted by Gasteiger charge is -2.29. The molecule has 0 atom stereocenters. The molecule has 0 amide bonds. The van der Waals surface area contributed by atoms with Crippen LogP contribution in [0.5, 0.6) is 0 Å². The number of anilines is 12. The molecule has 0 unspecified atom stereocenters. The van der Waals surface area contributed by atoms with Crippen molar-refractivity contribution < 1.29 is 8.83 Å². The summed E-state index contributed by atoms with van der Waals surface area (Å²) in [5.74, 6) is 0. The lowest BCUT2D eigenvalue weighted by molar-refractivity contribution is 0.669. The lowest BCUT2D eigenvalue weighted by Crippen LogP contribution is -2.12. The summed E-state index contributed by atoms with van der Waals surface area (Å²) in [6.45, 7) is 0. The summed E-state index contributed by atoms with van der Waals surface area (Å²) in [4.78, 5) is 9.44. The van der Waals surface area contributed by atoms with Crippen molar-refractivity contribution in [1.29, 1.82) is 0 Å². The second kappa shape index (κ2) is 28.3. The SMILES string of the molecule is c1ccc(N(c2ccc(N(c3ccc(-c4ccc(N(c5ccc(-c6cccc7c6oc6ccccc67)cc5)c5ccc(N(c6ccccc6)c6ccc7c(c6)c6ccccc6n7-c6ccccc6)cc5)cc4)cc3)c3ccc(-c4cccc5c4oc4ccccc45)cc3)cc2)c2ccc3c(c2)c2ccccc2n3-c2ccccc2)cc1. The normalized spacial score (nSPS) is 11.6. The van der Waals surface area contributed by atoms with Gasteiger partial charge in [-0.15, -0.1) is 0 Å². The molecule has 0 bridgehead atoms. The zero-order valence-electron chi connectivity index (χ0n) is 63.1. The molecular weight excluding hydrogens is 1410 g/mol. The second-order valence-corrected chi connectivity index (χ2v) is 29.6. The first-order chi connectivity index (χ1) is 57.5. The number of rotatable bonds is 17. The van der Waals surface area contributed by atoms with Gasteiger partial charge < -0.3 is 37.6 Å². The van der Waals surface area contributed by atoms with Gasteiger partial charge in [0, 0.05) is 134 Å². The van der Waals surface area contributed by atoms with Crippen LogP contribution in [0.4, 0.5) is 68.2 Å². The number of hydrogen-bond acceptors (Lipinski definition) is 6. The minimum absolute atomic E-state index is 0.879. The first kappa shape index (κ1) is 67.3. The van der Waals surface area contributed by atoms with Crippen LogP contribution in [0.3, 0.4) is 0 Å². The number of fused-ring (bicyclic) bond motifs is 12. The molecule has 22 aromatic rings. The molecule has 0 fully saturated rings. The molecule has 18 aromatic carbocycles. The molecule has 0 N–H and O–H groups in total. The van der Waals surface area contributed by atoms with Crippen molar-refractivity contribution in [3.63, 3.8) is 0 Å². The molecule has 0 aliphatic rings. The van der Waals surface area contributed by atoms with E-state index in [4.69, 9.17) is 8.83 Å². The quantitative estimate of drug-likeness (QED) is 0.0905. The number of furan rings is 2. The maximum absolute atomic E-state index is 6.59. The summed E-state index contributed by atoms with van der Waals surface area (Å²) < 4.78 is 17.9. The highest BCUT2D eigenvalue weighted by Crippen LogP contribution is 2.48. The highest BCUT2D eigenvalue weighted by molar-refractivity contribution is 6.14. The molecule has 0 radical (unpaired) electrons. The number of benzene rings is 18. The molecule has 0 aliphatic carbocycles. The van der Waals surface area contributed by atoms with E-state index in [0.29, 0.717) is 0 Å². The Morgan fingerprint density at radius 2 is 0.414 bits per heavy atom. The van der Waals surface area contributed by atoms with Crippen molar-refractivity contribution in [2.75, 3.05) is 19.6 Å². The van der Waals surface area contributed by atoms with Gasteiger partial charge in [0.2, 0.25) is 0 Å². The fraction of sp³-hybridized carbons (Fsp3) is 0. The Balaban J connectivity index is 0.622. The smallest absolute Gasteiger partial charge is 0.143 e. The van der Waals surface area contributed by atoms with Gasteiger partial charge in [-0.2, -0.15) is 0 Å². The highest BCUT2D eigenvalue weighted by atomic mass is 16.3. The third-order valence-electron chi connectivity index (χ3n) is 22.9. The van der Waals surface area contributed by atoms with Crippen LogP contribution in [0, 0.1) is 0 Å². The summed E-state index contributed by atoms with van der Waals surface area (Å²) in [6.07, 6.45) is 0. The maximum Gasteiger partial charge on any atom is 0.143 e. The molecule has 22 rings (SSSR count). The number of aromatic nitrogens is 2. The van der Waals surface area contributed by atoms with E-state index in [1.165, 1.54) is 32.6 Å². The summed E-state index contributed by atoms with van der Waals surface area (Å²) in [7, 11) is 0. The molecule has 546 valence electrons. The van der Waals surface area contributed by atoms with Gasteiger partial charge in [-0.1, -0.05) is 231 Å². The molecule has 8 heteroatoms. The van der Waals surface area contributed by atoms with Crippen LogP contribution < -0.4 is 19.6 Å². The monoisotopic (exact) mass is 1480 g/mol. The fourth-order valence-corrected chi connectivity index (χ4v) is 17.5. The van der Waals surface area contributed by atoms with Gasteiger partial charge in [-0.25, -0.2) is 0 Å². The first-order valence-corrected chi connectivity index (χ1v) is 39.4. The summed E-state index contributed by atoms with van der Waals surface area (Å²) >= 11 is 0. The van der Waals surface area contributed by atoms with E-state index >= 15 is 0 Å². The Hall–Kier alpha value is -15.6. The van der Waals surface area contributed by atoms with Crippen molar-refractivity contribution in [2.24, 2.45) is 0 Å². The van der Waals surface area contributed by atoms with Gasteiger partial charge in [-0.05, 0) is 229 Å². The third kappa shape index (κ3) is 11.7. The Morgan fingerprint density at radius 1 is 0.164 bits per heavy atom. The van der Waals surface area contributed by atoms with Gasteiger partial charge in [-0.3, -0.25) is 0 Å². The predicted octanol–water partition coefficient (Wildman–Crippen LogP) is 30.6. The third-order valence-corrected chi connectivity index (χ3v) is 22.9. The number of hydrogen-bond donors (Lipinski definition) is 0.